The summed E-state index contributed by atoms with van der Waals surface area (Å²) in [6.07, 6.45) is 0.668. The first-order valence-electron chi connectivity index (χ1n) is 41.4. The highest BCUT2D eigenvalue weighted by Gasteiger charge is 2.45. The fourth-order valence-electron chi connectivity index (χ4n) is 19.4. The molecule has 6 heteroatoms. The summed E-state index contributed by atoms with van der Waals surface area (Å²) in [4.78, 5) is 5.47. The molecule has 0 spiro atoms. The van der Waals surface area contributed by atoms with E-state index < -0.39 is 0 Å². The van der Waals surface area contributed by atoms with Gasteiger partial charge in [0.15, 0.2) is 0 Å². The number of anilines is 5. The standard InChI is InChI=1S/C112H84BN3OS/c1-111(2,3)81-55-59-97-93(67-81)94-68-82(112(4,5)6)56-60-98(94)115(97)83-69-101-109-102(70-83)116(110-84(73-33-15-9-16-34-73)43-25-44-85(110)74-35-17-10-18-36-74)100-66-80(78-40-24-38-76(64-78)72-31-13-8-14-32-72)53-57-95(100)113(109)96-65-79(77-39-23-37-75(63-77)71-29-11-7-12-30-71)54-58-99(96)114(101)62-61-88-86(89-47-27-50-104-107(89)91-41-19-21-49-103(91)117-104)45-26-46-87(88)90-48-28-52-106-108(90)92-42-20-22-51-105(92)118-106/h7-60,63-70H,61-62H2,1-6H3. The zero-order valence-corrected chi connectivity index (χ0v) is 67.8. The molecule has 2 aliphatic rings. The van der Waals surface area contributed by atoms with Crippen LogP contribution in [0.4, 0.5) is 28.4 Å². The Balaban J connectivity index is 0.868. The zero-order chi connectivity index (χ0) is 79.1. The lowest BCUT2D eigenvalue weighted by Crippen LogP contribution is -2.62. The Hall–Kier alpha value is -13.8. The molecule has 0 bridgehead atoms. The zero-order valence-electron chi connectivity index (χ0n) is 66.9. The summed E-state index contributed by atoms with van der Waals surface area (Å²) in [5.74, 6) is 0. The fourth-order valence-corrected chi connectivity index (χ4v) is 20.5. The first-order chi connectivity index (χ1) is 57.8. The summed E-state index contributed by atoms with van der Waals surface area (Å²) < 4.78 is 12.0. The van der Waals surface area contributed by atoms with Crippen LogP contribution in [0.2, 0.25) is 0 Å². The Morgan fingerprint density at radius 2 is 0.763 bits per heavy atom. The lowest BCUT2D eigenvalue weighted by Gasteiger charge is -2.45. The third-order valence-corrected chi connectivity index (χ3v) is 26.2. The predicted octanol–water partition coefficient (Wildman–Crippen LogP) is 29.0. The maximum absolute atomic E-state index is 6.81. The summed E-state index contributed by atoms with van der Waals surface area (Å²) in [7, 11) is 0. The van der Waals surface area contributed by atoms with E-state index in [1.54, 1.807) is 0 Å². The van der Waals surface area contributed by atoms with Gasteiger partial charge in [0.1, 0.15) is 11.2 Å². The molecule has 0 saturated carbocycles. The van der Waals surface area contributed by atoms with Gasteiger partial charge in [-0.2, -0.15) is 0 Å². The predicted molar refractivity (Wildman–Crippen MR) is 505 cm³/mol. The number of thiophene rings is 1. The number of nitrogens with zero attached hydrogens (tertiary/aromatic N) is 3. The minimum atomic E-state index is -0.260. The third kappa shape index (κ3) is 11.9. The first kappa shape index (κ1) is 70.8. The number of fused-ring (bicyclic) bond motifs is 13. The summed E-state index contributed by atoms with van der Waals surface area (Å²) in [5.41, 5.74) is 36.9. The van der Waals surface area contributed by atoms with Crippen molar-refractivity contribution in [3.8, 4) is 94.7 Å². The molecule has 562 valence electrons. The highest BCUT2D eigenvalue weighted by molar-refractivity contribution is 7.26. The van der Waals surface area contributed by atoms with Crippen molar-refractivity contribution in [2.24, 2.45) is 0 Å². The minimum absolute atomic E-state index is 0.104. The van der Waals surface area contributed by atoms with Gasteiger partial charge in [0, 0.05) is 82.1 Å². The van der Waals surface area contributed by atoms with Crippen molar-refractivity contribution in [1.82, 2.24) is 4.57 Å². The third-order valence-electron chi connectivity index (χ3n) is 25.1. The molecule has 3 aromatic heterocycles. The molecule has 0 aliphatic carbocycles. The summed E-state index contributed by atoms with van der Waals surface area (Å²) in [6.45, 7) is 14.4. The molecule has 17 aromatic carbocycles. The van der Waals surface area contributed by atoms with E-state index in [4.69, 9.17) is 4.42 Å². The van der Waals surface area contributed by atoms with Gasteiger partial charge in [-0.15, -0.1) is 11.3 Å². The van der Waals surface area contributed by atoms with E-state index in [1.165, 1.54) is 109 Å². The molecule has 0 radical (unpaired) electrons. The molecule has 2 aliphatic heterocycles. The smallest absolute Gasteiger partial charge is 0.252 e. The molecular weight excluding hydrogens is 1450 g/mol. The van der Waals surface area contributed by atoms with E-state index in [0.717, 1.165) is 111 Å². The van der Waals surface area contributed by atoms with E-state index in [2.05, 4.69) is 432 Å². The van der Waals surface area contributed by atoms with E-state index in [-0.39, 0.29) is 17.5 Å². The second kappa shape index (κ2) is 28.0. The monoisotopic (exact) mass is 1530 g/mol. The number of para-hydroxylation sites is 2. The molecule has 0 amide bonds. The first-order valence-corrected chi connectivity index (χ1v) is 42.2. The molecule has 22 rings (SSSR count). The minimum Gasteiger partial charge on any atom is -0.456 e. The Morgan fingerprint density at radius 3 is 1.37 bits per heavy atom. The topological polar surface area (TPSA) is 24.6 Å². The fraction of sp³-hybridized carbons (Fsp3) is 0.0893. The molecular formula is C112H84BN3OS. The lowest BCUT2D eigenvalue weighted by atomic mass is 9.33. The van der Waals surface area contributed by atoms with Gasteiger partial charge in [-0.3, -0.25) is 0 Å². The van der Waals surface area contributed by atoms with Gasteiger partial charge in [-0.25, -0.2) is 0 Å². The summed E-state index contributed by atoms with van der Waals surface area (Å²) in [6, 6.07) is 142. The largest absolute Gasteiger partial charge is 0.456 e. The normalized spacial score (nSPS) is 12.7. The van der Waals surface area contributed by atoms with Crippen LogP contribution < -0.4 is 26.2 Å². The van der Waals surface area contributed by atoms with Gasteiger partial charge in [-0.1, -0.05) is 333 Å². The van der Waals surface area contributed by atoms with Crippen LogP contribution in [0.3, 0.4) is 0 Å². The summed E-state index contributed by atoms with van der Waals surface area (Å²) >= 11 is 1.88. The maximum Gasteiger partial charge on any atom is 0.252 e. The molecule has 0 unspecified atom stereocenters. The highest BCUT2D eigenvalue weighted by atomic mass is 32.1. The van der Waals surface area contributed by atoms with Gasteiger partial charge < -0.3 is 18.8 Å². The second-order valence-corrected chi connectivity index (χ2v) is 35.2. The molecule has 5 heterocycles. The van der Waals surface area contributed by atoms with Crippen LogP contribution in [-0.4, -0.2) is 17.8 Å². The number of rotatable bonds is 13. The molecule has 0 N–H and O–H groups in total. The van der Waals surface area contributed by atoms with Crippen LogP contribution in [0.15, 0.2) is 381 Å². The number of furan rings is 1. The Kier molecular flexibility index (Phi) is 16.8. The van der Waals surface area contributed by atoms with Gasteiger partial charge in [0.05, 0.1) is 22.4 Å². The van der Waals surface area contributed by atoms with E-state index in [1.807, 2.05) is 11.3 Å². The molecule has 0 saturated heterocycles. The Bertz CT molecular complexity index is 7140. The van der Waals surface area contributed by atoms with Crippen molar-refractivity contribution in [3.63, 3.8) is 0 Å². The van der Waals surface area contributed by atoms with E-state index in [9.17, 15) is 0 Å². The quantitative estimate of drug-likeness (QED) is 0.108. The molecule has 0 atom stereocenters. The summed E-state index contributed by atoms with van der Waals surface area (Å²) in [5, 5.41) is 7.28. The Morgan fingerprint density at radius 1 is 0.305 bits per heavy atom. The van der Waals surface area contributed by atoms with E-state index >= 15 is 0 Å². The van der Waals surface area contributed by atoms with Crippen LogP contribution in [0, 0.1) is 0 Å². The number of benzene rings is 17. The Labute approximate surface area is 693 Å². The van der Waals surface area contributed by atoms with Crippen LogP contribution in [-0.2, 0) is 17.3 Å². The van der Waals surface area contributed by atoms with Crippen molar-refractivity contribution < 1.29 is 4.42 Å². The average Bonchev–Trinajstić information content (AvgIpc) is 0.809. The van der Waals surface area contributed by atoms with Crippen molar-refractivity contribution in [3.05, 3.63) is 393 Å². The number of aromatic nitrogens is 1. The van der Waals surface area contributed by atoms with Crippen LogP contribution in [0.5, 0.6) is 0 Å². The van der Waals surface area contributed by atoms with Gasteiger partial charge in [-0.05, 0) is 213 Å². The highest BCUT2D eigenvalue weighted by Crippen LogP contribution is 2.53. The van der Waals surface area contributed by atoms with Crippen LogP contribution >= 0.6 is 11.3 Å². The number of hydrogen-bond donors (Lipinski definition) is 0. The molecule has 0 fully saturated rings. The van der Waals surface area contributed by atoms with Crippen LogP contribution in [0.25, 0.3) is 159 Å². The van der Waals surface area contributed by atoms with Crippen LogP contribution in [0.1, 0.15) is 58.2 Å². The van der Waals surface area contributed by atoms with Crippen molar-refractivity contribution in [2.75, 3.05) is 16.3 Å². The molecule has 20 aromatic rings. The van der Waals surface area contributed by atoms with Crippen molar-refractivity contribution in [2.45, 2.75) is 58.8 Å². The van der Waals surface area contributed by atoms with Crippen molar-refractivity contribution in [1.29, 1.82) is 0 Å². The lowest BCUT2D eigenvalue weighted by molar-refractivity contribution is 0.590. The van der Waals surface area contributed by atoms with Crippen molar-refractivity contribution >= 4 is 127 Å². The van der Waals surface area contributed by atoms with E-state index in [0.29, 0.717) is 13.0 Å². The second-order valence-electron chi connectivity index (χ2n) is 34.1. The average molecular weight is 1530 g/mol. The maximum atomic E-state index is 6.81. The molecule has 118 heavy (non-hydrogen) atoms. The molecule has 4 nitrogen and oxygen atoms in total. The van der Waals surface area contributed by atoms with Gasteiger partial charge in [0.2, 0.25) is 0 Å². The SMILES string of the molecule is CC(C)(C)c1ccc2c(c1)c1cc(C(C)(C)C)ccc1n2-c1cc2c3c(c1)N(c1c(-c4ccccc4)cccc1-c1ccccc1)c1cc(-c4cccc(-c5ccccc5)c4)ccc1B3c1cc(-c3cccc(-c4ccccc4)c3)ccc1N2CCc1c(-c2cccc3oc4ccccc4c23)cccc1-c1cccc2sc3ccccc3c12. The van der Waals surface area contributed by atoms with Gasteiger partial charge in [0.25, 0.3) is 6.71 Å². The number of hydrogen-bond acceptors (Lipinski definition) is 4. The van der Waals surface area contributed by atoms with Gasteiger partial charge >= 0.3 is 0 Å².